The molecule has 1 rings (SSSR count). The lowest BCUT2D eigenvalue weighted by molar-refractivity contribution is -0.498. The first kappa shape index (κ1) is 9.70. The van der Waals surface area contributed by atoms with E-state index in [-0.39, 0.29) is 11.5 Å². The molecule has 0 aliphatic rings. The van der Waals surface area contributed by atoms with Crippen LogP contribution in [-0.2, 0) is 13.1 Å². The van der Waals surface area contributed by atoms with E-state index in [1.54, 1.807) is 16.9 Å². The topological polar surface area (TPSA) is 61.0 Å². The van der Waals surface area contributed by atoms with Gasteiger partial charge in [-0.15, -0.1) is 0 Å². The van der Waals surface area contributed by atoms with Crippen molar-refractivity contribution in [3.8, 4) is 0 Å². The molecule has 1 aromatic rings. The van der Waals surface area contributed by atoms with Gasteiger partial charge < -0.3 is 0 Å². The lowest BCUT2D eigenvalue weighted by Crippen LogP contribution is -2.12. The summed E-state index contributed by atoms with van der Waals surface area (Å²) in [5.74, 6) is 0.449. The van der Waals surface area contributed by atoms with E-state index in [1.807, 2.05) is 0 Å². The van der Waals surface area contributed by atoms with Crippen LogP contribution in [0.3, 0.4) is 0 Å². The Morgan fingerprint density at radius 3 is 2.92 bits per heavy atom. The van der Waals surface area contributed by atoms with Gasteiger partial charge in [0.1, 0.15) is 5.69 Å². The monoisotopic (exact) mass is 183 g/mol. The number of aromatic nitrogens is 2. The van der Waals surface area contributed by atoms with Gasteiger partial charge in [-0.05, 0) is 12.0 Å². The van der Waals surface area contributed by atoms with Crippen LogP contribution < -0.4 is 0 Å². The zero-order valence-corrected chi connectivity index (χ0v) is 7.80. The van der Waals surface area contributed by atoms with E-state index in [1.165, 1.54) is 0 Å². The molecule has 0 aromatic carbocycles. The molecule has 13 heavy (non-hydrogen) atoms. The summed E-state index contributed by atoms with van der Waals surface area (Å²) >= 11 is 0. The maximum Gasteiger partial charge on any atom is 0.245 e. The van der Waals surface area contributed by atoms with E-state index in [0.717, 1.165) is 6.54 Å². The second-order valence-electron chi connectivity index (χ2n) is 3.39. The minimum atomic E-state index is -0.339. The van der Waals surface area contributed by atoms with Crippen molar-refractivity contribution in [3.05, 3.63) is 28.1 Å². The lowest BCUT2D eigenvalue weighted by Gasteiger charge is -2.06. The Bertz CT molecular complexity index is 293. The first-order valence-electron chi connectivity index (χ1n) is 4.22. The largest absolute Gasteiger partial charge is 0.264 e. The Morgan fingerprint density at radius 1 is 1.69 bits per heavy atom. The van der Waals surface area contributed by atoms with Gasteiger partial charge in [0, 0.05) is 17.7 Å². The molecule has 5 nitrogen and oxygen atoms in total. The standard InChI is InChI=1S/C8H13N3O2/c1-7(2)5-10-8(3-4-9-10)6-11(12)13/h3-4,7H,5-6H2,1-2H3. The van der Waals surface area contributed by atoms with Crippen LogP contribution in [-0.4, -0.2) is 14.7 Å². The Balaban J connectivity index is 2.71. The van der Waals surface area contributed by atoms with Gasteiger partial charge >= 0.3 is 0 Å². The first-order valence-corrected chi connectivity index (χ1v) is 4.22. The second kappa shape index (κ2) is 4.02. The number of hydrogen-bond acceptors (Lipinski definition) is 3. The Labute approximate surface area is 76.5 Å². The molecule has 0 unspecified atom stereocenters. The van der Waals surface area contributed by atoms with Gasteiger partial charge in [0.25, 0.3) is 0 Å². The molecule has 0 atom stereocenters. The maximum absolute atomic E-state index is 10.3. The SMILES string of the molecule is CC(C)Cn1nccc1C[N+](=O)[O-]. The zero-order valence-electron chi connectivity index (χ0n) is 7.80. The Kier molecular flexibility index (Phi) is 3.00. The van der Waals surface area contributed by atoms with Crippen LogP contribution >= 0.6 is 0 Å². The molecule has 0 saturated carbocycles. The molecular weight excluding hydrogens is 170 g/mol. The lowest BCUT2D eigenvalue weighted by atomic mass is 10.2. The Hall–Kier alpha value is -1.39. The molecule has 1 aromatic heterocycles. The fraction of sp³-hybridized carbons (Fsp3) is 0.625. The smallest absolute Gasteiger partial charge is 0.245 e. The van der Waals surface area contributed by atoms with Crippen molar-refractivity contribution in [1.29, 1.82) is 0 Å². The van der Waals surface area contributed by atoms with E-state index in [2.05, 4.69) is 18.9 Å². The molecule has 0 spiro atoms. The van der Waals surface area contributed by atoms with Crippen LogP contribution in [0.2, 0.25) is 0 Å². The number of nitrogens with zero attached hydrogens (tertiary/aromatic N) is 3. The first-order chi connectivity index (χ1) is 6.09. The molecule has 0 aliphatic carbocycles. The van der Waals surface area contributed by atoms with E-state index in [0.29, 0.717) is 11.6 Å². The second-order valence-corrected chi connectivity index (χ2v) is 3.39. The van der Waals surface area contributed by atoms with Gasteiger partial charge in [-0.2, -0.15) is 5.10 Å². The van der Waals surface area contributed by atoms with Gasteiger partial charge in [-0.1, -0.05) is 13.8 Å². The summed E-state index contributed by atoms with van der Waals surface area (Å²) in [6, 6.07) is 1.69. The van der Waals surface area contributed by atoms with Crippen molar-refractivity contribution < 1.29 is 4.92 Å². The number of hydrogen-bond donors (Lipinski definition) is 0. The molecule has 0 radical (unpaired) electrons. The van der Waals surface area contributed by atoms with Crippen LogP contribution in [0.1, 0.15) is 19.5 Å². The average Bonchev–Trinajstić information content (AvgIpc) is 2.34. The molecular formula is C8H13N3O2. The third-order valence-corrected chi connectivity index (χ3v) is 1.63. The third kappa shape index (κ3) is 2.85. The number of nitro groups is 1. The third-order valence-electron chi connectivity index (χ3n) is 1.63. The summed E-state index contributed by atoms with van der Waals surface area (Å²) < 4.78 is 1.69. The van der Waals surface area contributed by atoms with Gasteiger partial charge in [-0.3, -0.25) is 14.8 Å². The summed E-state index contributed by atoms with van der Waals surface area (Å²) in [7, 11) is 0. The van der Waals surface area contributed by atoms with E-state index >= 15 is 0 Å². The highest BCUT2D eigenvalue weighted by Gasteiger charge is 2.08. The highest BCUT2D eigenvalue weighted by molar-refractivity contribution is 4.98. The van der Waals surface area contributed by atoms with Crippen molar-refractivity contribution in [3.63, 3.8) is 0 Å². The van der Waals surface area contributed by atoms with Crippen molar-refractivity contribution in [2.75, 3.05) is 0 Å². The molecule has 0 amide bonds. The van der Waals surface area contributed by atoms with Gasteiger partial charge in [0.2, 0.25) is 6.54 Å². The van der Waals surface area contributed by atoms with Gasteiger partial charge in [-0.25, -0.2) is 0 Å². The predicted molar refractivity (Wildman–Crippen MR) is 47.8 cm³/mol. The normalized spacial score (nSPS) is 10.7. The van der Waals surface area contributed by atoms with Crippen molar-refractivity contribution in [2.45, 2.75) is 26.9 Å². The summed E-state index contributed by atoms with van der Waals surface area (Å²) in [6.45, 7) is 4.69. The zero-order chi connectivity index (χ0) is 9.84. The van der Waals surface area contributed by atoms with Crippen molar-refractivity contribution in [2.24, 2.45) is 5.92 Å². The highest BCUT2D eigenvalue weighted by Crippen LogP contribution is 2.04. The molecule has 0 fully saturated rings. The van der Waals surface area contributed by atoms with Crippen molar-refractivity contribution >= 4 is 0 Å². The quantitative estimate of drug-likeness (QED) is 0.522. The summed E-state index contributed by atoms with van der Waals surface area (Å²) in [4.78, 5) is 9.93. The minimum Gasteiger partial charge on any atom is -0.264 e. The molecule has 0 aliphatic heterocycles. The van der Waals surface area contributed by atoms with Crippen LogP contribution in [0.5, 0.6) is 0 Å². The molecule has 1 heterocycles. The highest BCUT2D eigenvalue weighted by atomic mass is 16.6. The summed E-state index contributed by atoms with van der Waals surface area (Å²) in [5, 5.41) is 14.3. The average molecular weight is 183 g/mol. The van der Waals surface area contributed by atoms with Crippen molar-refractivity contribution in [1.82, 2.24) is 9.78 Å². The van der Waals surface area contributed by atoms with Crippen LogP contribution in [0, 0.1) is 16.0 Å². The molecule has 5 heteroatoms. The minimum absolute atomic E-state index is 0.146. The molecule has 0 bridgehead atoms. The van der Waals surface area contributed by atoms with Gasteiger partial charge in [0.15, 0.2) is 0 Å². The maximum atomic E-state index is 10.3. The number of rotatable bonds is 4. The van der Waals surface area contributed by atoms with E-state index in [4.69, 9.17) is 0 Å². The van der Waals surface area contributed by atoms with E-state index in [9.17, 15) is 10.1 Å². The van der Waals surface area contributed by atoms with E-state index < -0.39 is 0 Å². The van der Waals surface area contributed by atoms with Crippen LogP contribution in [0.4, 0.5) is 0 Å². The molecule has 72 valence electrons. The molecule has 0 N–H and O–H groups in total. The fourth-order valence-electron chi connectivity index (χ4n) is 1.14. The Morgan fingerprint density at radius 2 is 2.38 bits per heavy atom. The fourth-order valence-corrected chi connectivity index (χ4v) is 1.14. The summed E-state index contributed by atoms with van der Waals surface area (Å²) in [6.07, 6.45) is 1.60. The van der Waals surface area contributed by atoms with Crippen LogP contribution in [0.15, 0.2) is 12.3 Å². The summed E-state index contributed by atoms with van der Waals surface area (Å²) in [5.41, 5.74) is 0.665. The van der Waals surface area contributed by atoms with Gasteiger partial charge in [0.05, 0.1) is 0 Å². The predicted octanol–water partition coefficient (Wildman–Crippen LogP) is 1.32. The molecule has 0 saturated heterocycles. The van der Waals surface area contributed by atoms with Crippen LogP contribution in [0.25, 0.3) is 0 Å².